The van der Waals surface area contributed by atoms with Crippen LogP contribution in [-0.4, -0.2) is 24.6 Å². The molecule has 1 aliphatic rings. The largest absolute Gasteiger partial charge is 0.355 e. The van der Waals surface area contributed by atoms with E-state index in [-0.39, 0.29) is 17.6 Å². The van der Waals surface area contributed by atoms with Crippen LogP contribution in [0.2, 0.25) is 0 Å². The summed E-state index contributed by atoms with van der Waals surface area (Å²) in [6.45, 7) is 0.331. The Morgan fingerprint density at radius 3 is 2.11 bits per heavy atom. The van der Waals surface area contributed by atoms with E-state index in [0.717, 1.165) is 16.7 Å². The number of rotatable bonds is 4. The number of nitrogens with one attached hydrogen (secondary N) is 2. The minimum Gasteiger partial charge on any atom is -0.355 e. The van der Waals surface area contributed by atoms with Crippen molar-refractivity contribution in [3.8, 4) is 11.1 Å². The van der Waals surface area contributed by atoms with E-state index < -0.39 is 0 Å². The van der Waals surface area contributed by atoms with Crippen molar-refractivity contribution in [1.29, 1.82) is 0 Å². The molecule has 5 heteroatoms. The molecule has 138 valence electrons. The van der Waals surface area contributed by atoms with Crippen molar-refractivity contribution in [3.05, 3.63) is 94.5 Å². The van der Waals surface area contributed by atoms with Crippen molar-refractivity contribution in [1.82, 2.24) is 10.6 Å². The molecule has 0 spiro atoms. The average Bonchev–Trinajstić information content (AvgIpc) is 3.04. The smallest absolute Gasteiger partial charge is 0.251 e. The second kappa shape index (κ2) is 7.12. The molecule has 3 aromatic rings. The lowest BCUT2D eigenvalue weighted by Gasteiger charge is -2.08. The first-order valence-electron chi connectivity index (χ1n) is 8.96. The number of benzene rings is 3. The summed E-state index contributed by atoms with van der Waals surface area (Å²) in [5.74, 6) is -0.452. The first-order chi connectivity index (χ1) is 13.6. The zero-order chi connectivity index (χ0) is 19.7. The lowest BCUT2D eigenvalue weighted by atomic mass is 10.0. The molecule has 0 saturated heterocycles. The highest BCUT2D eigenvalue weighted by molar-refractivity contribution is 6.22. The molecule has 2 amide bonds. The standard InChI is InChI=1S/C23H18N2O3/c1-24-22(27)15-8-6-14(7-9-15)13-25-23(28)16-10-11-18-17-4-2-3-5-19(17)21(26)20(18)12-16/h2-12H,13H2,1H3,(H,24,27)(H,25,28). The molecule has 2 N–H and O–H groups in total. The highest BCUT2D eigenvalue weighted by atomic mass is 16.2. The maximum absolute atomic E-state index is 12.6. The maximum atomic E-state index is 12.6. The molecular formula is C23H18N2O3. The first-order valence-corrected chi connectivity index (χ1v) is 8.96. The van der Waals surface area contributed by atoms with Crippen LogP contribution in [0.1, 0.15) is 42.2 Å². The van der Waals surface area contributed by atoms with Crippen molar-refractivity contribution in [2.45, 2.75) is 6.54 Å². The van der Waals surface area contributed by atoms with E-state index in [2.05, 4.69) is 10.6 Å². The number of carbonyl (C=O) groups is 3. The normalized spacial score (nSPS) is 11.5. The molecule has 1 aliphatic carbocycles. The molecular weight excluding hydrogens is 352 g/mol. The number of ketones is 1. The lowest BCUT2D eigenvalue weighted by molar-refractivity contribution is 0.0946. The Kier molecular flexibility index (Phi) is 4.49. The van der Waals surface area contributed by atoms with E-state index in [1.54, 1.807) is 49.5 Å². The number of hydrogen-bond acceptors (Lipinski definition) is 3. The predicted octanol–water partition coefficient (Wildman–Crippen LogP) is 3.19. The molecule has 0 bridgehead atoms. The van der Waals surface area contributed by atoms with Crippen LogP contribution in [0.25, 0.3) is 11.1 Å². The summed E-state index contributed by atoms with van der Waals surface area (Å²) >= 11 is 0. The van der Waals surface area contributed by atoms with Gasteiger partial charge >= 0.3 is 0 Å². The molecule has 3 aromatic carbocycles. The van der Waals surface area contributed by atoms with Crippen LogP contribution in [0.4, 0.5) is 0 Å². The molecule has 0 aromatic heterocycles. The minimum atomic E-state index is -0.248. The lowest BCUT2D eigenvalue weighted by Crippen LogP contribution is -2.23. The summed E-state index contributed by atoms with van der Waals surface area (Å²) in [7, 11) is 1.58. The van der Waals surface area contributed by atoms with Gasteiger partial charge in [0.1, 0.15) is 0 Å². The monoisotopic (exact) mass is 370 g/mol. The van der Waals surface area contributed by atoms with Crippen LogP contribution < -0.4 is 10.6 Å². The summed E-state index contributed by atoms with van der Waals surface area (Å²) in [5, 5.41) is 5.42. The third-order valence-corrected chi connectivity index (χ3v) is 4.88. The van der Waals surface area contributed by atoms with Gasteiger partial charge in [-0.25, -0.2) is 0 Å². The van der Waals surface area contributed by atoms with E-state index in [0.29, 0.717) is 28.8 Å². The van der Waals surface area contributed by atoms with E-state index in [9.17, 15) is 14.4 Å². The van der Waals surface area contributed by atoms with Crippen LogP contribution in [0, 0.1) is 0 Å². The SMILES string of the molecule is CNC(=O)c1ccc(CNC(=O)c2ccc3c(c2)C(=O)c2ccccc2-3)cc1. The van der Waals surface area contributed by atoms with Gasteiger partial charge in [0.05, 0.1) is 0 Å². The van der Waals surface area contributed by atoms with Crippen molar-refractivity contribution in [2.24, 2.45) is 0 Å². The van der Waals surface area contributed by atoms with E-state index in [4.69, 9.17) is 0 Å². The quantitative estimate of drug-likeness (QED) is 0.579. The number of carbonyl (C=O) groups excluding carboxylic acids is 3. The molecule has 0 heterocycles. The second-order valence-corrected chi connectivity index (χ2v) is 6.59. The zero-order valence-corrected chi connectivity index (χ0v) is 15.3. The first kappa shape index (κ1) is 17.7. The fourth-order valence-corrected chi connectivity index (χ4v) is 3.37. The highest BCUT2D eigenvalue weighted by Gasteiger charge is 2.26. The van der Waals surface area contributed by atoms with Gasteiger partial charge in [0, 0.05) is 35.8 Å². The van der Waals surface area contributed by atoms with Crippen molar-refractivity contribution >= 4 is 17.6 Å². The molecule has 0 unspecified atom stereocenters. The Morgan fingerprint density at radius 2 is 1.39 bits per heavy atom. The van der Waals surface area contributed by atoms with Gasteiger partial charge in [-0.2, -0.15) is 0 Å². The third kappa shape index (κ3) is 3.07. The Labute approximate surface area is 162 Å². The van der Waals surface area contributed by atoms with Crippen LogP contribution in [0.15, 0.2) is 66.7 Å². The average molecular weight is 370 g/mol. The molecule has 4 rings (SSSR count). The highest BCUT2D eigenvalue weighted by Crippen LogP contribution is 2.36. The van der Waals surface area contributed by atoms with Gasteiger partial charge in [-0.15, -0.1) is 0 Å². The molecule has 28 heavy (non-hydrogen) atoms. The minimum absolute atomic E-state index is 0.0509. The number of hydrogen-bond donors (Lipinski definition) is 2. The fourth-order valence-electron chi connectivity index (χ4n) is 3.37. The maximum Gasteiger partial charge on any atom is 0.251 e. The molecule has 0 atom stereocenters. The summed E-state index contributed by atoms with van der Waals surface area (Å²) in [6.07, 6.45) is 0. The molecule has 5 nitrogen and oxygen atoms in total. The third-order valence-electron chi connectivity index (χ3n) is 4.88. The van der Waals surface area contributed by atoms with E-state index >= 15 is 0 Å². The Bertz CT molecular complexity index is 1100. The molecule has 0 saturated carbocycles. The van der Waals surface area contributed by atoms with E-state index in [1.165, 1.54) is 0 Å². The molecule has 0 fully saturated rings. The Balaban J connectivity index is 1.48. The van der Waals surface area contributed by atoms with Gasteiger partial charge < -0.3 is 10.6 Å². The predicted molar refractivity (Wildman–Crippen MR) is 106 cm³/mol. The van der Waals surface area contributed by atoms with Crippen LogP contribution >= 0.6 is 0 Å². The Morgan fingerprint density at radius 1 is 0.750 bits per heavy atom. The van der Waals surface area contributed by atoms with Crippen molar-refractivity contribution < 1.29 is 14.4 Å². The number of amides is 2. The topological polar surface area (TPSA) is 75.3 Å². The zero-order valence-electron chi connectivity index (χ0n) is 15.3. The van der Waals surface area contributed by atoms with Gasteiger partial charge in [-0.1, -0.05) is 42.5 Å². The van der Waals surface area contributed by atoms with E-state index in [1.807, 2.05) is 24.3 Å². The van der Waals surface area contributed by atoms with Gasteiger partial charge in [0.15, 0.2) is 5.78 Å². The summed E-state index contributed by atoms with van der Waals surface area (Å²) in [6, 6.07) is 19.7. The Hall–Kier alpha value is -3.73. The van der Waals surface area contributed by atoms with Gasteiger partial charge in [-0.3, -0.25) is 14.4 Å². The molecule has 0 aliphatic heterocycles. The summed E-state index contributed by atoms with van der Waals surface area (Å²) < 4.78 is 0. The van der Waals surface area contributed by atoms with Gasteiger partial charge in [0.25, 0.3) is 11.8 Å². The summed E-state index contributed by atoms with van der Waals surface area (Å²) in [4.78, 5) is 36.7. The van der Waals surface area contributed by atoms with Crippen LogP contribution in [0.3, 0.4) is 0 Å². The van der Waals surface area contributed by atoms with Crippen molar-refractivity contribution in [3.63, 3.8) is 0 Å². The fraction of sp³-hybridized carbons (Fsp3) is 0.0870. The molecule has 0 radical (unpaired) electrons. The second-order valence-electron chi connectivity index (χ2n) is 6.59. The number of fused-ring (bicyclic) bond motifs is 3. The summed E-state index contributed by atoms with van der Waals surface area (Å²) in [5.41, 5.74) is 4.89. The van der Waals surface area contributed by atoms with Crippen LogP contribution in [0.5, 0.6) is 0 Å². The van der Waals surface area contributed by atoms with Crippen molar-refractivity contribution in [2.75, 3.05) is 7.05 Å². The van der Waals surface area contributed by atoms with Gasteiger partial charge in [-0.05, 0) is 41.0 Å². The van der Waals surface area contributed by atoms with Gasteiger partial charge in [0.2, 0.25) is 0 Å². The van der Waals surface area contributed by atoms with Crippen LogP contribution in [-0.2, 0) is 6.54 Å².